The van der Waals surface area contributed by atoms with Crippen LogP contribution in [0.1, 0.15) is 22.8 Å². The number of carbonyl (C=O) groups is 2. The number of rotatable bonds is 4. The van der Waals surface area contributed by atoms with E-state index in [1.807, 2.05) is 19.1 Å². The van der Waals surface area contributed by atoms with Crippen molar-refractivity contribution in [3.8, 4) is 5.75 Å². The van der Waals surface area contributed by atoms with Crippen molar-refractivity contribution in [1.29, 1.82) is 0 Å². The summed E-state index contributed by atoms with van der Waals surface area (Å²) in [5.74, 6) is -1.57. The third-order valence-electron chi connectivity index (χ3n) is 3.13. The number of ketones is 1. The molecule has 19 heavy (non-hydrogen) atoms. The quantitative estimate of drug-likeness (QED) is 0.676. The third kappa shape index (κ3) is 2.29. The maximum atomic E-state index is 11.7. The molecule has 0 saturated carbocycles. The first-order chi connectivity index (χ1) is 9.08. The molecule has 0 radical (unpaired) electrons. The van der Waals surface area contributed by atoms with Crippen molar-refractivity contribution in [2.24, 2.45) is 0 Å². The van der Waals surface area contributed by atoms with E-state index in [1.165, 1.54) is 0 Å². The predicted octanol–water partition coefficient (Wildman–Crippen LogP) is 2.68. The number of aliphatic carboxylic acids is 1. The summed E-state index contributed by atoms with van der Waals surface area (Å²) < 4.78 is 5.15. The minimum absolute atomic E-state index is 0.257. The van der Waals surface area contributed by atoms with Gasteiger partial charge in [0.1, 0.15) is 5.75 Å². The van der Waals surface area contributed by atoms with Crippen LogP contribution in [-0.4, -0.2) is 24.0 Å². The number of aryl methyl sites for hydroxylation is 1. The lowest BCUT2D eigenvalue weighted by Crippen LogP contribution is -2.15. The minimum Gasteiger partial charge on any atom is -0.497 e. The molecule has 0 saturated heterocycles. The lowest BCUT2D eigenvalue weighted by Gasteiger charge is -2.10. The van der Waals surface area contributed by atoms with Gasteiger partial charge in [0.2, 0.25) is 0 Å². The zero-order valence-corrected chi connectivity index (χ0v) is 10.8. The molecule has 0 heterocycles. The van der Waals surface area contributed by atoms with Crippen LogP contribution in [0.4, 0.5) is 0 Å². The Labute approximate surface area is 110 Å². The highest BCUT2D eigenvalue weighted by Crippen LogP contribution is 2.27. The van der Waals surface area contributed by atoms with E-state index < -0.39 is 11.8 Å². The van der Waals surface area contributed by atoms with E-state index in [1.54, 1.807) is 25.3 Å². The molecule has 0 aromatic heterocycles. The molecular weight excluding hydrogens is 244 g/mol. The molecule has 1 N–H and O–H groups in total. The number of hydrogen-bond donors (Lipinski definition) is 1. The van der Waals surface area contributed by atoms with E-state index in [9.17, 15) is 9.59 Å². The Morgan fingerprint density at radius 2 is 1.95 bits per heavy atom. The van der Waals surface area contributed by atoms with Crippen LogP contribution in [-0.2, 0) is 11.2 Å². The van der Waals surface area contributed by atoms with E-state index in [0.717, 1.165) is 22.1 Å². The lowest BCUT2D eigenvalue weighted by molar-refractivity contribution is -0.131. The predicted molar refractivity (Wildman–Crippen MR) is 71.8 cm³/mol. The first-order valence-electron chi connectivity index (χ1n) is 5.95. The van der Waals surface area contributed by atoms with Crippen molar-refractivity contribution < 1.29 is 19.4 Å². The van der Waals surface area contributed by atoms with Crippen molar-refractivity contribution >= 4 is 22.5 Å². The van der Waals surface area contributed by atoms with Gasteiger partial charge < -0.3 is 9.84 Å². The summed E-state index contributed by atoms with van der Waals surface area (Å²) in [7, 11) is 1.59. The summed E-state index contributed by atoms with van der Waals surface area (Å²) in [5.41, 5.74) is 1.01. The van der Waals surface area contributed by atoms with Crippen LogP contribution in [0.3, 0.4) is 0 Å². The first kappa shape index (κ1) is 13.1. The smallest absolute Gasteiger partial charge is 0.377 e. The number of fused-ring (bicyclic) bond motifs is 1. The molecule has 0 unspecified atom stereocenters. The Hall–Kier alpha value is -2.36. The third-order valence-corrected chi connectivity index (χ3v) is 3.13. The zero-order valence-electron chi connectivity index (χ0n) is 10.8. The molecule has 4 nitrogen and oxygen atoms in total. The number of methoxy groups -OCH3 is 1. The summed E-state index contributed by atoms with van der Waals surface area (Å²) in [4.78, 5) is 22.5. The Morgan fingerprint density at radius 1 is 1.21 bits per heavy atom. The Bertz CT molecular complexity index is 658. The number of carboxylic acids is 1. The summed E-state index contributed by atoms with van der Waals surface area (Å²) in [6.07, 6.45) is 0.595. The Balaban J connectivity index is 2.69. The molecule has 0 fully saturated rings. The summed E-state index contributed by atoms with van der Waals surface area (Å²) in [6.45, 7) is 1.90. The lowest BCUT2D eigenvalue weighted by atomic mass is 9.94. The van der Waals surface area contributed by atoms with Crippen molar-refractivity contribution in [3.05, 3.63) is 41.5 Å². The first-order valence-corrected chi connectivity index (χ1v) is 5.95. The molecule has 2 aromatic rings. The molecule has 0 spiro atoms. The molecule has 0 bridgehead atoms. The van der Waals surface area contributed by atoms with Gasteiger partial charge in [-0.2, -0.15) is 0 Å². The average Bonchev–Trinajstić information content (AvgIpc) is 2.44. The highest BCUT2D eigenvalue weighted by atomic mass is 16.5. The van der Waals surface area contributed by atoms with Crippen LogP contribution >= 0.6 is 0 Å². The summed E-state index contributed by atoms with van der Waals surface area (Å²) in [5, 5.41) is 10.7. The second-order valence-corrected chi connectivity index (χ2v) is 4.17. The van der Waals surface area contributed by atoms with Crippen LogP contribution in [0.25, 0.3) is 10.8 Å². The molecule has 0 amide bonds. The fourth-order valence-electron chi connectivity index (χ4n) is 2.21. The fraction of sp³-hybridized carbons (Fsp3) is 0.200. The second-order valence-electron chi connectivity index (χ2n) is 4.17. The van der Waals surface area contributed by atoms with Crippen molar-refractivity contribution in [1.82, 2.24) is 0 Å². The summed E-state index contributed by atoms with van der Waals surface area (Å²) in [6, 6.07) is 8.83. The molecule has 0 aliphatic heterocycles. The number of carbonyl (C=O) groups excluding carboxylic acids is 1. The fourth-order valence-corrected chi connectivity index (χ4v) is 2.21. The van der Waals surface area contributed by atoms with Gasteiger partial charge in [-0.1, -0.05) is 19.1 Å². The number of Topliss-reactive ketones (excluding diaryl/α,β-unsaturated/α-hetero) is 1. The topological polar surface area (TPSA) is 63.6 Å². The van der Waals surface area contributed by atoms with Gasteiger partial charge in [0, 0.05) is 5.56 Å². The maximum Gasteiger partial charge on any atom is 0.377 e. The standard InChI is InChI=1S/C15H14O4/c1-3-11-12-7-5-10(19-2)8-9(12)4-6-13(11)14(16)15(17)18/h4-8H,3H2,1-2H3,(H,17,18). The monoisotopic (exact) mass is 258 g/mol. The molecule has 2 rings (SSSR count). The Kier molecular flexibility index (Phi) is 3.51. The molecule has 4 heteroatoms. The SMILES string of the molecule is CCc1c(C(=O)C(=O)O)ccc2cc(OC)ccc12. The van der Waals surface area contributed by atoms with Crippen molar-refractivity contribution in [3.63, 3.8) is 0 Å². The van der Waals surface area contributed by atoms with Crippen LogP contribution in [0.5, 0.6) is 5.75 Å². The van der Waals surface area contributed by atoms with Crippen LogP contribution in [0.15, 0.2) is 30.3 Å². The van der Waals surface area contributed by atoms with Gasteiger partial charge in [-0.15, -0.1) is 0 Å². The highest BCUT2D eigenvalue weighted by Gasteiger charge is 2.19. The van der Waals surface area contributed by atoms with Gasteiger partial charge in [0.25, 0.3) is 5.78 Å². The molecule has 2 aromatic carbocycles. The maximum absolute atomic E-state index is 11.7. The van der Waals surface area contributed by atoms with Crippen LogP contribution in [0.2, 0.25) is 0 Å². The van der Waals surface area contributed by atoms with Gasteiger partial charge in [-0.25, -0.2) is 4.79 Å². The molecule has 0 aliphatic carbocycles. The minimum atomic E-state index is -1.43. The molecule has 98 valence electrons. The number of hydrogen-bond acceptors (Lipinski definition) is 3. The molecule has 0 atom stereocenters. The normalized spacial score (nSPS) is 10.4. The highest BCUT2D eigenvalue weighted by molar-refractivity contribution is 6.40. The number of benzene rings is 2. The van der Waals surface area contributed by atoms with E-state index in [4.69, 9.17) is 9.84 Å². The molecular formula is C15H14O4. The Morgan fingerprint density at radius 3 is 2.53 bits per heavy atom. The number of carboxylic acid groups (broad SMARTS) is 1. The number of ether oxygens (including phenoxy) is 1. The average molecular weight is 258 g/mol. The van der Waals surface area contributed by atoms with Crippen LogP contribution < -0.4 is 4.74 Å². The van der Waals surface area contributed by atoms with Gasteiger partial charge in [-0.05, 0) is 41.0 Å². The zero-order chi connectivity index (χ0) is 14.0. The van der Waals surface area contributed by atoms with Crippen LogP contribution in [0, 0.1) is 0 Å². The molecule has 0 aliphatic rings. The summed E-state index contributed by atoms with van der Waals surface area (Å²) >= 11 is 0. The van der Waals surface area contributed by atoms with Gasteiger partial charge in [0.15, 0.2) is 0 Å². The largest absolute Gasteiger partial charge is 0.497 e. The van der Waals surface area contributed by atoms with Gasteiger partial charge >= 0.3 is 5.97 Å². The van der Waals surface area contributed by atoms with Gasteiger partial charge in [0.05, 0.1) is 7.11 Å². The van der Waals surface area contributed by atoms with E-state index in [0.29, 0.717) is 6.42 Å². The van der Waals surface area contributed by atoms with E-state index >= 15 is 0 Å². The van der Waals surface area contributed by atoms with Gasteiger partial charge in [-0.3, -0.25) is 4.79 Å². The van der Waals surface area contributed by atoms with Crippen molar-refractivity contribution in [2.45, 2.75) is 13.3 Å². The van der Waals surface area contributed by atoms with E-state index in [2.05, 4.69) is 0 Å². The van der Waals surface area contributed by atoms with E-state index in [-0.39, 0.29) is 5.56 Å². The van der Waals surface area contributed by atoms with Crippen molar-refractivity contribution in [2.75, 3.05) is 7.11 Å². The second kappa shape index (κ2) is 5.10.